The van der Waals surface area contributed by atoms with E-state index in [-0.39, 0.29) is 11.8 Å². The molecule has 0 atom stereocenters. The summed E-state index contributed by atoms with van der Waals surface area (Å²) in [6.07, 6.45) is 0. The molecule has 0 spiro atoms. The summed E-state index contributed by atoms with van der Waals surface area (Å²) in [4.78, 5) is 31.3. The molecule has 0 aliphatic carbocycles. The Balaban J connectivity index is 1.78. The minimum absolute atomic E-state index is 0.323. The van der Waals surface area contributed by atoms with Gasteiger partial charge in [-0.2, -0.15) is 0 Å². The fourth-order valence-corrected chi connectivity index (χ4v) is 4.36. The molecule has 6 heteroatoms. The van der Waals surface area contributed by atoms with Gasteiger partial charge in [-0.3, -0.25) is 9.59 Å². The van der Waals surface area contributed by atoms with Gasteiger partial charge in [-0.25, -0.2) is 4.90 Å². The SMILES string of the molecule is CN(C)c1ccc(N2C(=O)C(Sc3ccccc3)=C(c3ccc(Cl)cc3)C2=O)cc1. The Labute approximate surface area is 184 Å². The quantitative estimate of drug-likeness (QED) is 0.498. The van der Waals surface area contributed by atoms with Gasteiger partial charge >= 0.3 is 0 Å². The number of rotatable bonds is 5. The van der Waals surface area contributed by atoms with Crippen LogP contribution in [0, 0.1) is 0 Å². The molecule has 0 saturated carbocycles. The average molecular weight is 435 g/mol. The van der Waals surface area contributed by atoms with E-state index in [1.54, 1.807) is 36.4 Å². The molecule has 0 N–H and O–H groups in total. The average Bonchev–Trinajstić information content (AvgIpc) is 2.99. The normalized spacial score (nSPS) is 13.9. The third kappa shape index (κ3) is 3.86. The van der Waals surface area contributed by atoms with Crippen molar-refractivity contribution in [1.29, 1.82) is 0 Å². The number of halogens is 1. The summed E-state index contributed by atoms with van der Waals surface area (Å²) < 4.78 is 0. The van der Waals surface area contributed by atoms with Crippen molar-refractivity contribution >= 4 is 52.1 Å². The first-order chi connectivity index (χ1) is 14.5. The van der Waals surface area contributed by atoms with Crippen LogP contribution in [0.4, 0.5) is 11.4 Å². The number of nitrogens with zero attached hydrogens (tertiary/aromatic N) is 2. The van der Waals surface area contributed by atoms with E-state index in [9.17, 15) is 9.59 Å². The fraction of sp³-hybridized carbons (Fsp3) is 0.0833. The highest BCUT2D eigenvalue weighted by molar-refractivity contribution is 8.04. The highest BCUT2D eigenvalue weighted by Crippen LogP contribution is 2.41. The topological polar surface area (TPSA) is 40.6 Å². The van der Waals surface area contributed by atoms with Gasteiger partial charge in [0.2, 0.25) is 0 Å². The number of imide groups is 1. The van der Waals surface area contributed by atoms with Gasteiger partial charge in [0.25, 0.3) is 11.8 Å². The van der Waals surface area contributed by atoms with Crippen LogP contribution < -0.4 is 9.80 Å². The Morgan fingerprint density at radius 2 is 1.43 bits per heavy atom. The summed E-state index contributed by atoms with van der Waals surface area (Å²) in [6, 6.07) is 23.9. The maximum atomic E-state index is 13.4. The standard InChI is InChI=1S/C24H19ClN2O2S/c1-26(2)18-12-14-19(15-13-18)27-23(28)21(16-8-10-17(25)11-9-16)22(24(27)29)30-20-6-4-3-5-7-20/h3-15H,1-2H3. The molecule has 4 rings (SSSR count). The fourth-order valence-electron chi connectivity index (χ4n) is 3.22. The van der Waals surface area contributed by atoms with E-state index in [1.165, 1.54) is 16.7 Å². The van der Waals surface area contributed by atoms with Crippen LogP contribution in [0.2, 0.25) is 5.02 Å². The van der Waals surface area contributed by atoms with Crippen LogP contribution in [0.15, 0.2) is 88.7 Å². The summed E-state index contributed by atoms with van der Waals surface area (Å²) in [5.41, 5.74) is 2.60. The van der Waals surface area contributed by atoms with Crippen LogP contribution in [-0.4, -0.2) is 25.9 Å². The molecular weight excluding hydrogens is 416 g/mol. The van der Waals surface area contributed by atoms with E-state index >= 15 is 0 Å². The van der Waals surface area contributed by atoms with Gasteiger partial charge in [0, 0.05) is 29.7 Å². The van der Waals surface area contributed by atoms with Crippen molar-refractivity contribution in [3.63, 3.8) is 0 Å². The molecule has 1 heterocycles. The third-order valence-corrected chi connectivity index (χ3v) is 6.10. The number of amides is 2. The summed E-state index contributed by atoms with van der Waals surface area (Å²) in [5, 5.41) is 0.574. The predicted molar refractivity (Wildman–Crippen MR) is 124 cm³/mol. The van der Waals surface area contributed by atoms with Gasteiger partial charge in [0.1, 0.15) is 0 Å². The van der Waals surface area contributed by atoms with Crippen LogP contribution in [0.5, 0.6) is 0 Å². The van der Waals surface area contributed by atoms with Crippen molar-refractivity contribution in [3.05, 3.63) is 94.4 Å². The Hall–Kier alpha value is -3.02. The first-order valence-electron chi connectivity index (χ1n) is 9.35. The predicted octanol–water partition coefficient (Wildman–Crippen LogP) is 5.48. The second-order valence-corrected chi connectivity index (χ2v) is 8.50. The lowest BCUT2D eigenvalue weighted by atomic mass is 10.1. The Bertz CT molecular complexity index is 1120. The molecular formula is C24H19ClN2O2S. The maximum Gasteiger partial charge on any atom is 0.272 e. The summed E-state index contributed by atoms with van der Waals surface area (Å²) in [5.74, 6) is -0.658. The van der Waals surface area contributed by atoms with E-state index in [4.69, 9.17) is 11.6 Å². The molecule has 4 nitrogen and oxygen atoms in total. The molecule has 30 heavy (non-hydrogen) atoms. The smallest absolute Gasteiger partial charge is 0.272 e. The Morgan fingerprint density at radius 3 is 2.03 bits per heavy atom. The Kier molecular flexibility index (Phi) is 5.66. The molecule has 150 valence electrons. The molecule has 0 saturated heterocycles. The van der Waals surface area contributed by atoms with Crippen LogP contribution in [0.25, 0.3) is 5.57 Å². The van der Waals surface area contributed by atoms with Crippen LogP contribution in [0.3, 0.4) is 0 Å². The van der Waals surface area contributed by atoms with Crippen molar-refractivity contribution in [2.24, 2.45) is 0 Å². The van der Waals surface area contributed by atoms with Gasteiger partial charge in [-0.1, -0.05) is 53.7 Å². The monoisotopic (exact) mass is 434 g/mol. The zero-order chi connectivity index (χ0) is 21.3. The second-order valence-electron chi connectivity index (χ2n) is 6.98. The van der Waals surface area contributed by atoms with Gasteiger partial charge in [-0.05, 0) is 54.1 Å². The minimum Gasteiger partial charge on any atom is -0.378 e. The van der Waals surface area contributed by atoms with Crippen molar-refractivity contribution < 1.29 is 9.59 Å². The van der Waals surface area contributed by atoms with Gasteiger partial charge in [0.15, 0.2) is 0 Å². The third-order valence-electron chi connectivity index (χ3n) is 4.76. The first kappa shape index (κ1) is 20.3. The number of thioether (sulfide) groups is 1. The maximum absolute atomic E-state index is 13.4. The number of anilines is 2. The zero-order valence-electron chi connectivity index (χ0n) is 16.5. The lowest BCUT2D eigenvalue weighted by Crippen LogP contribution is -2.31. The highest BCUT2D eigenvalue weighted by Gasteiger charge is 2.40. The summed E-state index contributed by atoms with van der Waals surface area (Å²) in [7, 11) is 3.88. The van der Waals surface area contributed by atoms with Gasteiger partial charge < -0.3 is 4.90 Å². The number of hydrogen-bond donors (Lipinski definition) is 0. The van der Waals surface area contributed by atoms with E-state index < -0.39 is 0 Å². The van der Waals surface area contributed by atoms with Crippen LogP contribution in [-0.2, 0) is 9.59 Å². The largest absolute Gasteiger partial charge is 0.378 e. The molecule has 0 aromatic heterocycles. The molecule has 3 aromatic carbocycles. The zero-order valence-corrected chi connectivity index (χ0v) is 18.1. The minimum atomic E-state index is -0.335. The summed E-state index contributed by atoms with van der Waals surface area (Å²) >= 11 is 7.33. The lowest BCUT2D eigenvalue weighted by Gasteiger charge is -2.18. The molecule has 0 bridgehead atoms. The first-order valence-corrected chi connectivity index (χ1v) is 10.5. The molecule has 0 fully saturated rings. The van der Waals surface area contributed by atoms with E-state index in [2.05, 4.69) is 0 Å². The molecule has 1 aliphatic rings. The Morgan fingerprint density at radius 1 is 0.800 bits per heavy atom. The summed E-state index contributed by atoms with van der Waals surface area (Å²) in [6.45, 7) is 0. The van der Waals surface area contributed by atoms with Crippen molar-refractivity contribution in [3.8, 4) is 0 Å². The molecule has 0 unspecified atom stereocenters. The number of carbonyl (C=O) groups excluding carboxylic acids is 2. The van der Waals surface area contributed by atoms with Gasteiger partial charge in [0.05, 0.1) is 16.2 Å². The van der Waals surface area contributed by atoms with Gasteiger partial charge in [-0.15, -0.1) is 0 Å². The van der Waals surface area contributed by atoms with Crippen LogP contribution in [0.1, 0.15) is 5.56 Å². The molecule has 0 radical (unpaired) electrons. The van der Waals surface area contributed by atoms with Crippen molar-refractivity contribution in [1.82, 2.24) is 0 Å². The number of hydrogen-bond acceptors (Lipinski definition) is 4. The molecule has 3 aromatic rings. The number of carbonyl (C=O) groups is 2. The van der Waals surface area contributed by atoms with E-state index in [0.29, 0.717) is 26.8 Å². The van der Waals surface area contributed by atoms with E-state index in [1.807, 2.05) is 61.5 Å². The molecule has 2 amide bonds. The van der Waals surface area contributed by atoms with Crippen molar-refractivity contribution in [2.75, 3.05) is 23.9 Å². The second kappa shape index (κ2) is 8.38. The number of benzene rings is 3. The van der Waals surface area contributed by atoms with Crippen molar-refractivity contribution in [2.45, 2.75) is 4.90 Å². The van der Waals surface area contributed by atoms with Crippen LogP contribution >= 0.6 is 23.4 Å². The highest BCUT2D eigenvalue weighted by atomic mass is 35.5. The lowest BCUT2D eigenvalue weighted by molar-refractivity contribution is -0.119. The van der Waals surface area contributed by atoms with E-state index in [0.717, 1.165) is 10.6 Å². The molecule has 1 aliphatic heterocycles.